The lowest BCUT2D eigenvalue weighted by molar-refractivity contribution is -0.119. The average molecular weight is 164 g/mol. The second-order valence-electron chi connectivity index (χ2n) is 2.55. The minimum absolute atomic E-state index is 0.181. The monoisotopic (exact) mass is 164 g/mol. The maximum atomic E-state index is 11.2. The predicted molar refractivity (Wildman–Crippen MR) is 45.6 cm³/mol. The van der Waals surface area contributed by atoms with E-state index in [1.165, 1.54) is 6.34 Å². The van der Waals surface area contributed by atoms with Crippen LogP contribution in [-0.2, 0) is 4.79 Å². The molecule has 1 amide bonds. The highest BCUT2D eigenvalue weighted by Gasteiger charge is 2.33. The first-order chi connectivity index (χ1) is 5.83. The van der Waals surface area contributed by atoms with Crippen molar-refractivity contribution in [3.8, 4) is 0 Å². The molecule has 1 atom stereocenters. The quantitative estimate of drug-likeness (QED) is 0.533. The van der Waals surface area contributed by atoms with Crippen LogP contribution in [0.5, 0.6) is 0 Å². The molecule has 0 spiro atoms. The fourth-order valence-electron chi connectivity index (χ4n) is 1.25. The summed E-state index contributed by atoms with van der Waals surface area (Å²) in [5.41, 5.74) is 0. The Hall–Kier alpha value is -1.52. The van der Waals surface area contributed by atoms with Crippen LogP contribution in [0.15, 0.2) is 15.0 Å². The smallest absolute Gasteiger partial charge is 0.277 e. The van der Waals surface area contributed by atoms with Crippen molar-refractivity contribution in [3.63, 3.8) is 0 Å². The summed E-state index contributed by atoms with van der Waals surface area (Å²) in [7, 11) is 0. The summed E-state index contributed by atoms with van der Waals surface area (Å²) in [6, 6.07) is -0.361. The van der Waals surface area contributed by atoms with E-state index in [9.17, 15) is 4.79 Å². The minimum atomic E-state index is -0.361. The van der Waals surface area contributed by atoms with Crippen LogP contribution >= 0.6 is 0 Å². The first kappa shape index (κ1) is 7.15. The second kappa shape index (κ2) is 2.51. The SMILES string of the molecule is CCN1C=NC2=NC=NC(=O)C21. The lowest BCUT2D eigenvalue weighted by atomic mass is 10.2. The van der Waals surface area contributed by atoms with Gasteiger partial charge in [0.2, 0.25) is 0 Å². The van der Waals surface area contributed by atoms with Crippen molar-refractivity contribution in [2.75, 3.05) is 6.54 Å². The van der Waals surface area contributed by atoms with Gasteiger partial charge in [0, 0.05) is 6.54 Å². The molecule has 2 rings (SSSR count). The van der Waals surface area contributed by atoms with E-state index < -0.39 is 0 Å². The van der Waals surface area contributed by atoms with Crippen LogP contribution < -0.4 is 0 Å². The highest BCUT2D eigenvalue weighted by molar-refractivity contribution is 6.18. The molecule has 0 aromatic carbocycles. The van der Waals surface area contributed by atoms with Crippen molar-refractivity contribution in [2.45, 2.75) is 13.0 Å². The highest BCUT2D eigenvalue weighted by Crippen LogP contribution is 2.12. The fraction of sp³-hybridized carbons (Fsp3) is 0.429. The molecule has 0 saturated carbocycles. The molecule has 62 valence electrons. The third kappa shape index (κ3) is 0.861. The third-order valence-electron chi connectivity index (χ3n) is 1.89. The van der Waals surface area contributed by atoms with E-state index in [0.29, 0.717) is 5.84 Å². The zero-order valence-corrected chi connectivity index (χ0v) is 6.64. The van der Waals surface area contributed by atoms with Gasteiger partial charge < -0.3 is 4.90 Å². The number of likely N-dealkylation sites (N-methyl/N-ethyl adjacent to an activating group) is 1. The molecule has 0 saturated heterocycles. The number of hydrogen-bond acceptors (Lipinski definition) is 4. The molecule has 0 radical (unpaired) electrons. The zero-order chi connectivity index (χ0) is 8.55. The first-order valence-corrected chi connectivity index (χ1v) is 3.77. The molecule has 1 unspecified atom stereocenters. The molecule has 5 heteroatoms. The maximum absolute atomic E-state index is 11.2. The summed E-state index contributed by atoms with van der Waals surface area (Å²) >= 11 is 0. The second-order valence-corrected chi connectivity index (χ2v) is 2.55. The van der Waals surface area contributed by atoms with Gasteiger partial charge in [0.15, 0.2) is 11.9 Å². The summed E-state index contributed by atoms with van der Waals surface area (Å²) in [4.78, 5) is 24.6. The van der Waals surface area contributed by atoms with Gasteiger partial charge in [0.25, 0.3) is 5.91 Å². The molecule has 2 aliphatic heterocycles. The van der Waals surface area contributed by atoms with Gasteiger partial charge in [-0.2, -0.15) is 4.99 Å². The van der Waals surface area contributed by atoms with Crippen LogP contribution in [0.1, 0.15) is 6.92 Å². The number of hydrogen-bond donors (Lipinski definition) is 0. The standard InChI is InChI=1S/C7H8N4O/c1-2-11-4-10-6-5(11)7(12)9-3-8-6/h3-5H,2H2,1H3. The number of amidine groups is 1. The molecule has 0 aromatic rings. The van der Waals surface area contributed by atoms with E-state index in [-0.39, 0.29) is 11.9 Å². The summed E-state index contributed by atoms with van der Waals surface area (Å²) in [6.45, 7) is 2.70. The van der Waals surface area contributed by atoms with Crippen molar-refractivity contribution >= 4 is 24.4 Å². The molecule has 0 aliphatic carbocycles. The molecular weight excluding hydrogens is 156 g/mol. The van der Waals surface area contributed by atoms with Crippen molar-refractivity contribution in [1.82, 2.24) is 4.90 Å². The maximum Gasteiger partial charge on any atom is 0.277 e. The molecule has 5 nitrogen and oxygen atoms in total. The van der Waals surface area contributed by atoms with Crippen LogP contribution in [0, 0.1) is 0 Å². The van der Waals surface area contributed by atoms with Crippen LogP contribution in [0.3, 0.4) is 0 Å². The lowest BCUT2D eigenvalue weighted by Crippen LogP contribution is -2.41. The Morgan fingerprint density at radius 3 is 3.17 bits per heavy atom. The van der Waals surface area contributed by atoms with Gasteiger partial charge in [-0.3, -0.25) is 4.79 Å². The number of carbonyl (C=O) groups excluding carboxylic acids is 1. The molecular formula is C7H8N4O. The van der Waals surface area contributed by atoms with Crippen molar-refractivity contribution < 1.29 is 4.79 Å². The molecule has 0 fully saturated rings. The first-order valence-electron chi connectivity index (χ1n) is 3.77. The van der Waals surface area contributed by atoms with Gasteiger partial charge in [0.1, 0.15) is 6.34 Å². The van der Waals surface area contributed by atoms with E-state index in [2.05, 4.69) is 15.0 Å². The number of nitrogens with zero attached hydrogens (tertiary/aromatic N) is 4. The third-order valence-corrected chi connectivity index (χ3v) is 1.89. The number of amides is 1. The number of rotatable bonds is 1. The molecule has 0 aromatic heterocycles. The van der Waals surface area contributed by atoms with E-state index in [0.717, 1.165) is 6.54 Å². The summed E-state index contributed by atoms with van der Waals surface area (Å²) in [5.74, 6) is 0.371. The minimum Gasteiger partial charge on any atom is -0.344 e. The van der Waals surface area contributed by atoms with Crippen LogP contribution in [0.25, 0.3) is 0 Å². The Balaban J connectivity index is 2.33. The van der Waals surface area contributed by atoms with E-state index in [1.807, 2.05) is 11.8 Å². The Kier molecular flexibility index (Phi) is 1.49. The van der Waals surface area contributed by atoms with Gasteiger partial charge in [-0.15, -0.1) is 0 Å². The Labute approximate surface area is 69.5 Å². The Morgan fingerprint density at radius 2 is 2.42 bits per heavy atom. The molecule has 0 bridgehead atoms. The Morgan fingerprint density at radius 1 is 1.58 bits per heavy atom. The number of fused-ring (bicyclic) bond motifs is 1. The van der Waals surface area contributed by atoms with Gasteiger partial charge in [-0.05, 0) is 6.92 Å². The van der Waals surface area contributed by atoms with Gasteiger partial charge in [0.05, 0.1) is 6.34 Å². The van der Waals surface area contributed by atoms with Crippen LogP contribution in [0.4, 0.5) is 0 Å². The summed E-state index contributed by atoms with van der Waals surface area (Å²) in [5, 5.41) is 0. The predicted octanol–water partition coefficient (Wildman–Crippen LogP) is -0.314. The van der Waals surface area contributed by atoms with Crippen molar-refractivity contribution in [3.05, 3.63) is 0 Å². The average Bonchev–Trinajstić information content (AvgIpc) is 2.49. The molecule has 12 heavy (non-hydrogen) atoms. The highest BCUT2D eigenvalue weighted by atomic mass is 16.2. The fourth-order valence-corrected chi connectivity index (χ4v) is 1.25. The van der Waals surface area contributed by atoms with E-state index in [1.54, 1.807) is 6.34 Å². The normalized spacial score (nSPS) is 26.1. The molecule has 0 N–H and O–H groups in total. The van der Waals surface area contributed by atoms with E-state index >= 15 is 0 Å². The van der Waals surface area contributed by atoms with Crippen molar-refractivity contribution in [1.29, 1.82) is 0 Å². The summed E-state index contributed by atoms with van der Waals surface area (Å²) in [6.07, 6.45) is 2.89. The van der Waals surface area contributed by atoms with Crippen molar-refractivity contribution in [2.24, 2.45) is 15.0 Å². The number of carbonyl (C=O) groups is 1. The zero-order valence-electron chi connectivity index (χ0n) is 6.64. The number of aliphatic imine (C=N–C) groups is 3. The topological polar surface area (TPSA) is 57.4 Å². The summed E-state index contributed by atoms with van der Waals surface area (Å²) < 4.78 is 0. The van der Waals surface area contributed by atoms with Gasteiger partial charge >= 0.3 is 0 Å². The van der Waals surface area contributed by atoms with E-state index in [4.69, 9.17) is 0 Å². The Bertz CT molecular complexity index is 305. The van der Waals surface area contributed by atoms with Crippen LogP contribution in [0.2, 0.25) is 0 Å². The molecule has 2 heterocycles. The van der Waals surface area contributed by atoms with Gasteiger partial charge in [-0.1, -0.05) is 0 Å². The molecule has 2 aliphatic rings. The largest absolute Gasteiger partial charge is 0.344 e. The lowest BCUT2D eigenvalue weighted by Gasteiger charge is -2.19. The van der Waals surface area contributed by atoms with Crippen LogP contribution in [-0.4, -0.2) is 41.9 Å². The van der Waals surface area contributed by atoms with Gasteiger partial charge in [-0.25, -0.2) is 9.98 Å².